The molecule has 0 aromatic carbocycles. The van der Waals surface area contributed by atoms with Crippen molar-refractivity contribution in [2.75, 3.05) is 0 Å². The Bertz CT molecular complexity index is 391. The van der Waals surface area contributed by atoms with Crippen molar-refractivity contribution in [2.24, 2.45) is 4.99 Å². The van der Waals surface area contributed by atoms with Crippen LogP contribution < -0.4 is 0 Å². The van der Waals surface area contributed by atoms with E-state index in [2.05, 4.69) is 38.4 Å². The van der Waals surface area contributed by atoms with Crippen molar-refractivity contribution in [1.29, 1.82) is 5.41 Å². The number of rotatable bonds is 1. The van der Waals surface area contributed by atoms with E-state index in [9.17, 15) is 0 Å². The number of nitrogens with one attached hydrogen (secondary N) is 1. The molecular weight excluding hydrogens is 172 g/mol. The second-order valence-electron chi connectivity index (χ2n) is 3.73. The van der Waals surface area contributed by atoms with E-state index in [1.165, 1.54) is 22.3 Å². The molecule has 0 heterocycles. The van der Waals surface area contributed by atoms with Crippen molar-refractivity contribution in [2.45, 2.75) is 33.7 Å². The summed E-state index contributed by atoms with van der Waals surface area (Å²) < 4.78 is 0. The van der Waals surface area contributed by atoms with Crippen molar-refractivity contribution < 1.29 is 0 Å². The Labute approximate surface area is 85.3 Å². The van der Waals surface area contributed by atoms with Crippen LogP contribution in [0.5, 0.6) is 0 Å². The topological polar surface area (TPSA) is 36.2 Å². The van der Waals surface area contributed by atoms with Gasteiger partial charge in [0, 0.05) is 0 Å². The van der Waals surface area contributed by atoms with Gasteiger partial charge in [0.2, 0.25) is 0 Å². The molecule has 1 aliphatic carbocycles. The fourth-order valence-electron chi connectivity index (χ4n) is 1.73. The van der Waals surface area contributed by atoms with Gasteiger partial charge >= 0.3 is 0 Å². The molecule has 0 radical (unpaired) electrons. The Kier molecular flexibility index (Phi) is 2.87. The van der Waals surface area contributed by atoms with Gasteiger partial charge in [-0.25, -0.2) is 10.4 Å². The lowest BCUT2D eigenvalue weighted by Gasteiger charge is -2.26. The van der Waals surface area contributed by atoms with E-state index in [1.54, 1.807) is 0 Å². The van der Waals surface area contributed by atoms with Crippen molar-refractivity contribution in [3.05, 3.63) is 34.4 Å². The highest BCUT2D eigenvalue weighted by atomic mass is 14.8. The molecule has 0 bridgehead atoms. The molecule has 0 aliphatic heterocycles. The van der Waals surface area contributed by atoms with Gasteiger partial charge in [0.15, 0.2) is 0 Å². The average molecular weight is 188 g/mol. The van der Waals surface area contributed by atoms with Gasteiger partial charge in [-0.05, 0) is 55.6 Å². The van der Waals surface area contributed by atoms with Gasteiger partial charge in [0.05, 0.1) is 6.01 Å². The zero-order valence-corrected chi connectivity index (χ0v) is 9.23. The number of hydrogen-bond donors (Lipinski definition) is 1. The molecule has 0 aromatic rings. The SMILES string of the molecule is C=C1C(C)=C(C)C(C)=C(C)C1N=C=N. The van der Waals surface area contributed by atoms with Crippen molar-refractivity contribution >= 4 is 6.01 Å². The molecule has 14 heavy (non-hydrogen) atoms. The Morgan fingerprint density at radius 1 is 1.14 bits per heavy atom. The van der Waals surface area contributed by atoms with Crippen LogP contribution in [0.4, 0.5) is 0 Å². The van der Waals surface area contributed by atoms with Gasteiger partial charge in [0.25, 0.3) is 0 Å². The molecule has 2 nitrogen and oxygen atoms in total. The quantitative estimate of drug-likeness (QED) is 0.613. The van der Waals surface area contributed by atoms with Crippen LogP contribution in [-0.4, -0.2) is 12.1 Å². The first kappa shape index (κ1) is 10.7. The molecule has 74 valence electrons. The van der Waals surface area contributed by atoms with E-state index < -0.39 is 0 Å². The highest BCUT2D eigenvalue weighted by Gasteiger charge is 2.23. The van der Waals surface area contributed by atoms with Gasteiger partial charge in [-0.2, -0.15) is 0 Å². The minimum atomic E-state index is -0.0730. The molecular formula is C12H16N2. The third-order valence-electron chi connectivity index (χ3n) is 3.13. The summed E-state index contributed by atoms with van der Waals surface area (Å²) in [6, 6.07) is 2.04. The molecule has 0 fully saturated rings. The number of aliphatic imine (C=N–C) groups is 1. The standard InChI is InChI=1S/C12H16N2/c1-7-8(2)10(4)12(14-6-13)11(5)9(7)3/h12-13H,4H2,1-3,5H3. The van der Waals surface area contributed by atoms with E-state index in [0.29, 0.717) is 0 Å². The summed E-state index contributed by atoms with van der Waals surface area (Å²) in [5, 5.41) is 6.90. The van der Waals surface area contributed by atoms with Crippen molar-refractivity contribution in [3.63, 3.8) is 0 Å². The normalized spacial score (nSPS) is 22.6. The minimum absolute atomic E-state index is 0.0730. The largest absolute Gasteiger partial charge is 0.242 e. The highest BCUT2D eigenvalue weighted by molar-refractivity contribution is 5.55. The lowest BCUT2D eigenvalue weighted by molar-refractivity contribution is 0.860. The lowest BCUT2D eigenvalue weighted by Crippen LogP contribution is -2.17. The molecule has 0 aromatic heterocycles. The Morgan fingerprint density at radius 2 is 1.71 bits per heavy atom. The zero-order valence-electron chi connectivity index (χ0n) is 9.23. The zero-order chi connectivity index (χ0) is 10.9. The summed E-state index contributed by atoms with van der Waals surface area (Å²) >= 11 is 0. The first-order valence-corrected chi connectivity index (χ1v) is 4.66. The third kappa shape index (κ3) is 1.49. The predicted molar refractivity (Wildman–Crippen MR) is 59.8 cm³/mol. The number of allylic oxidation sites excluding steroid dienone is 2. The van der Waals surface area contributed by atoms with Gasteiger partial charge in [0.1, 0.15) is 6.04 Å². The Morgan fingerprint density at radius 3 is 2.21 bits per heavy atom. The summed E-state index contributed by atoms with van der Waals surface area (Å²) in [7, 11) is 0. The van der Waals surface area contributed by atoms with Crippen LogP contribution in [0.15, 0.2) is 39.4 Å². The molecule has 0 amide bonds. The van der Waals surface area contributed by atoms with E-state index in [-0.39, 0.29) is 6.04 Å². The van der Waals surface area contributed by atoms with E-state index in [4.69, 9.17) is 5.41 Å². The van der Waals surface area contributed by atoms with E-state index >= 15 is 0 Å². The van der Waals surface area contributed by atoms with Crippen LogP contribution >= 0.6 is 0 Å². The molecule has 0 saturated heterocycles. The van der Waals surface area contributed by atoms with Gasteiger partial charge < -0.3 is 0 Å². The molecule has 1 unspecified atom stereocenters. The van der Waals surface area contributed by atoms with Crippen LogP contribution in [0.3, 0.4) is 0 Å². The molecule has 1 N–H and O–H groups in total. The molecule has 0 saturated carbocycles. The van der Waals surface area contributed by atoms with Gasteiger partial charge in [-0.1, -0.05) is 6.58 Å². The summed E-state index contributed by atoms with van der Waals surface area (Å²) in [5.74, 6) is 0. The van der Waals surface area contributed by atoms with Crippen LogP contribution in [-0.2, 0) is 0 Å². The first-order valence-electron chi connectivity index (χ1n) is 4.66. The summed E-state index contributed by atoms with van der Waals surface area (Å²) in [6.07, 6.45) is 0. The van der Waals surface area contributed by atoms with Gasteiger partial charge in [-0.3, -0.25) is 0 Å². The molecule has 1 rings (SSSR count). The maximum absolute atomic E-state index is 6.90. The predicted octanol–water partition coefficient (Wildman–Crippen LogP) is 3.35. The maximum atomic E-state index is 6.90. The van der Waals surface area contributed by atoms with Crippen molar-refractivity contribution in [1.82, 2.24) is 0 Å². The Balaban J connectivity index is 3.32. The monoisotopic (exact) mass is 188 g/mol. The second kappa shape index (κ2) is 3.77. The second-order valence-corrected chi connectivity index (χ2v) is 3.73. The fraction of sp³-hybridized carbons (Fsp3) is 0.417. The highest BCUT2D eigenvalue weighted by Crippen LogP contribution is 2.34. The third-order valence-corrected chi connectivity index (χ3v) is 3.13. The first-order chi connectivity index (χ1) is 6.50. The lowest BCUT2D eigenvalue weighted by atomic mass is 9.82. The molecule has 1 atom stereocenters. The van der Waals surface area contributed by atoms with Crippen molar-refractivity contribution in [3.8, 4) is 0 Å². The molecule has 2 heteroatoms. The van der Waals surface area contributed by atoms with Crippen LogP contribution in [0.2, 0.25) is 0 Å². The van der Waals surface area contributed by atoms with Crippen LogP contribution in [0, 0.1) is 5.41 Å². The molecule has 1 aliphatic rings. The van der Waals surface area contributed by atoms with E-state index in [1.807, 2.05) is 6.92 Å². The number of nitrogens with zero attached hydrogens (tertiary/aromatic N) is 1. The van der Waals surface area contributed by atoms with Gasteiger partial charge in [-0.15, -0.1) is 0 Å². The summed E-state index contributed by atoms with van der Waals surface area (Å²) in [6.45, 7) is 12.3. The van der Waals surface area contributed by atoms with E-state index in [0.717, 1.165) is 5.57 Å². The molecule has 0 spiro atoms. The number of hydrogen-bond acceptors (Lipinski definition) is 2. The fourth-order valence-corrected chi connectivity index (χ4v) is 1.73. The Hall–Kier alpha value is -1.40. The van der Waals surface area contributed by atoms with Crippen LogP contribution in [0.1, 0.15) is 27.7 Å². The summed E-state index contributed by atoms with van der Waals surface area (Å²) in [5.41, 5.74) is 5.91. The maximum Gasteiger partial charge on any atom is 0.107 e. The average Bonchev–Trinajstić information content (AvgIpc) is 2.19. The smallest absolute Gasteiger partial charge is 0.107 e. The summed E-state index contributed by atoms with van der Waals surface area (Å²) in [4.78, 5) is 4.01. The van der Waals surface area contributed by atoms with Crippen LogP contribution in [0.25, 0.3) is 0 Å². The minimum Gasteiger partial charge on any atom is -0.242 e.